The van der Waals surface area contributed by atoms with E-state index in [9.17, 15) is 4.79 Å². The van der Waals surface area contributed by atoms with Gasteiger partial charge in [0.1, 0.15) is 6.10 Å². The fourth-order valence-electron chi connectivity index (χ4n) is 1.39. The lowest BCUT2D eigenvalue weighted by Gasteiger charge is -2.32. The summed E-state index contributed by atoms with van der Waals surface area (Å²) in [5, 5.41) is 0. The molecule has 0 spiro atoms. The topological polar surface area (TPSA) is 26.3 Å². The van der Waals surface area contributed by atoms with Gasteiger partial charge in [-0.2, -0.15) is 0 Å². The molecule has 62 valence electrons. The number of carbonyl (C=O) groups is 1. The molecule has 1 fully saturated rings. The molecule has 0 unspecified atom stereocenters. The second-order valence-electron chi connectivity index (χ2n) is 3.06. The van der Waals surface area contributed by atoms with Crippen LogP contribution in [0, 0.1) is 5.92 Å². The minimum absolute atomic E-state index is 0.0151. The van der Waals surface area contributed by atoms with Crippen LogP contribution >= 0.6 is 0 Å². The molecule has 2 atom stereocenters. The van der Waals surface area contributed by atoms with Crippen LogP contribution in [0.5, 0.6) is 0 Å². The Morgan fingerprint density at radius 1 is 1.25 bits per heavy atom. The lowest BCUT2D eigenvalue weighted by atomic mass is 9.93. The third-order valence-corrected chi connectivity index (χ3v) is 2.20. The van der Waals surface area contributed by atoms with Crippen LogP contribution in [0.15, 0.2) is 30.3 Å². The molecule has 1 aromatic rings. The molecule has 1 aliphatic rings. The van der Waals surface area contributed by atoms with Crippen LogP contribution in [-0.2, 0) is 9.53 Å². The van der Waals surface area contributed by atoms with E-state index in [-0.39, 0.29) is 18.0 Å². The van der Waals surface area contributed by atoms with Crippen molar-refractivity contribution in [1.82, 2.24) is 0 Å². The Labute approximate surface area is 71.2 Å². The van der Waals surface area contributed by atoms with Crippen molar-refractivity contribution in [2.45, 2.75) is 13.0 Å². The summed E-state index contributed by atoms with van der Waals surface area (Å²) in [5.74, 6) is -0.0729. The smallest absolute Gasteiger partial charge is 0.313 e. The van der Waals surface area contributed by atoms with E-state index in [0.29, 0.717) is 0 Å². The van der Waals surface area contributed by atoms with Gasteiger partial charge in [-0.05, 0) is 12.5 Å². The van der Waals surface area contributed by atoms with Crippen LogP contribution in [0.25, 0.3) is 0 Å². The summed E-state index contributed by atoms with van der Waals surface area (Å²) in [5.41, 5.74) is 1.09. The van der Waals surface area contributed by atoms with Crippen LogP contribution in [0.3, 0.4) is 0 Å². The zero-order valence-corrected chi connectivity index (χ0v) is 6.86. The van der Waals surface area contributed by atoms with E-state index >= 15 is 0 Å². The highest BCUT2D eigenvalue weighted by molar-refractivity contribution is 5.78. The lowest BCUT2D eigenvalue weighted by molar-refractivity contribution is -0.183. The molecule has 12 heavy (non-hydrogen) atoms. The molecule has 0 aromatic heterocycles. The number of carbonyl (C=O) groups excluding carboxylic acids is 1. The van der Waals surface area contributed by atoms with Crippen molar-refractivity contribution in [3.8, 4) is 0 Å². The van der Waals surface area contributed by atoms with Gasteiger partial charge in [-0.1, -0.05) is 30.3 Å². The lowest BCUT2D eigenvalue weighted by Crippen LogP contribution is -2.35. The van der Waals surface area contributed by atoms with Crippen LogP contribution in [0.1, 0.15) is 18.6 Å². The zero-order valence-electron chi connectivity index (χ0n) is 6.86. The molecule has 2 rings (SSSR count). The van der Waals surface area contributed by atoms with Crippen molar-refractivity contribution < 1.29 is 9.53 Å². The second kappa shape index (κ2) is 2.63. The number of hydrogen-bond donors (Lipinski definition) is 0. The number of benzene rings is 1. The van der Waals surface area contributed by atoms with E-state index in [2.05, 4.69) is 0 Å². The van der Waals surface area contributed by atoms with Gasteiger partial charge in [0.2, 0.25) is 0 Å². The fourth-order valence-corrected chi connectivity index (χ4v) is 1.39. The number of ether oxygens (including phenoxy) is 1. The Bertz CT molecular complexity index is 292. The van der Waals surface area contributed by atoms with Gasteiger partial charge in [0.15, 0.2) is 0 Å². The molecule has 0 aliphatic carbocycles. The van der Waals surface area contributed by atoms with Crippen molar-refractivity contribution in [2.24, 2.45) is 5.92 Å². The highest BCUT2D eigenvalue weighted by Gasteiger charge is 2.39. The van der Waals surface area contributed by atoms with Crippen LogP contribution in [-0.4, -0.2) is 5.97 Å². The van der Waals surface area contributed by atoms with E-state index < -0.39 is 0 Å². The molecule has 1 aliphatic heterocycles. The van der Waals surface area contributed by atoms with Gasteiger partial charge in [-0.15, -0.1) is 0 Å². The summed E-state index contributed by atoms with van der Waals surface area (Å²) in [4.78, 5) is 10.8. The maximum Gasteiger partial charge on any atom is 0.313 e. The number of rotatable bonds is 1. The maximum atomic E-state index is 10.8. The Balaban J connectivity index is 2.18. The summed E-state index contributed by atoms with van der Waals surface area (Å²) in [6.07, 6.45) is -0.0151. The Kier molecular flexibility index (Phi) is 1.61. The average molecular weight is 162 g/mol. The standard InChI is InChI=1S/C10H10O2/c1-7-9(12-10(7)11)8-5-3-2-4-6-8/h2-7,9H,1H3/t7-,9-/m1/s1. The van der Waals surface area contributed by atoms with Gasteiger partial charge in [0.05, 0.1) is 5.92 Å². The minimum atomic E-state index is -0.0937. The van der Waals surface area contributed by atoms with E-state index in [1.54, 1.807) is 0 Å². The van der Waals surface area contributed by atoms with Crippen molar-refractivity contribution in [1.29, 1.82) is 0 Å². The predicted octanol–water partition coefficient (Wildman–Crippen LogP) is 1.92. The molecule has 2 heteroatoms. The summed E-state index contributed by atoms with van der Waals surface area (Å²) in [6.45, 7) is 1.89. The van der Waals surface area contributed by atoms with Gasteiger partial charge in [0, 0.05) is 0 Å². The summed E-state index contributed by atoms with van der Waals surface area (Å²) in [7, 11) is 0. The highest BCUT2D eigenvalue weighted by Crippen LogP contribution is 2.35. The Morgan fingerprint density at radius 2 is 1.92 bits per heavy atom. The van der Waals surface area contributed by atoms with Crippen molar-refractivity contribution in [3.63, 3.8) is 0 Å². The van der Waals surface area contributed by atoms with Gasteiger partial charge >= 0.3 is 5.97 Å². The van der Waals surface area contributed by atoms with Crippen molar-refractivity contribution >= 4 is 5.97 Å². The molecule has 1 saturated heterocycles. The van der Waals surface area contributed by atoms with Crippen LogP contribution in [0.2, 0.25) is 0 Å². The first kappa shape index (κ1) is 7.35. The molecule has 2 nitrogen and oxygen atoms in total. The monoisotopic (exact) mass is 162 g/mol. The first-order valence-corrected chi connectivity index (χ1v) is 4.04. The van der Waals surface area contributed by atoms with Crippen molar-refractivity contribution in [3.05, 3.63) is 35.9 Å². The third kappa shape index (κ3) is 0.998. The quantitative estimate of drug-likeness (QED) is 0.590. The molecule has 0 saturated carbocycles. The maximum absolute atomic E-state index is 10.8. The molecule has 1 heterocycles. The molecule has 0 N–H and O–H groups in total. The molecule has 0 radical (unpaired) electrons. The Hall–Kier alpha value is -1.31. The normalized spacial score (nSPS) is 27.6. The molecule has 0 bridgehead atoms. The van der Waals surface area contributed by atoms with Gasteiger partial charge in [0.25, 0.3) is 0 Å². The van der Waals surface area contributed by atoms with Crippen molar-refractivity contribution in [2.75, 3.05) is 0 Å². The minimum Gasteiger partial charge on any atom is -0.456 e. The van der Waals surface area contributed by atoms with E-state index in [0.717, 1.165) is 5.56 Å². The molecular formula is C10H10O2. The third-order valence-electron chi connectivity index (χ3n) is 2.20. The first-order valence-electron chi connectivity index (χ1n) is 4.04. The van der Waals surface area contributed by atoms with Crippen LogP contribution < -0.4 is 0 Å². The summed E-state index contributed by atoms with van der Waals surface area (Å²) >= 11 is 0. The zero-order chi connectivity index (χ0) is 8.55. The van der Waals surface area contributed by atoms with Gasteiger partial charge in [-0.25, -0.2) is 0 Å². The molecular weight excluding hydrogens is 152 g/mol. The average Bonchev–Trinajstić information content (AvgIpc) is 2.15. The summed E-state index contributed by atoms with van der Waals surface area (Å²) < 4.78 is 5.00. The summed E-state index contributed by atoms with van der Waals surface area (Å²) in [6, 6.07) is 9.82. The molecule has 1 aromatic carbocycles. The highest BCUT2D eigenvalue weighted by atomic mass is 16.6. The Morgan fingerprint density at radius 3 is 2.42 bits per heavy atom. The largest absolute Gasteiger partial charge is 0.456 e. The van der Waals surface area contributed by atoms with E-state index in [4.69, 9.17) is 4.74 Å². The fraction of sp³-hybridized carbons (Fsp3) is 0.300. The number of hydrogen-bond acceptors (Lipinski definition) is 2. The van der Waals surface area contributed by atoms with Gasteiger partial charge < -0.3 is 4.74 Å². The molecule has 0 amide bonds. The predicted molar refractivity (Wildman–Crippen MR) is 44.4 cm³/mol. The first-order chi connectivity index (χ1) is 5.79. The number of esters is 1. The van der Waals surface area contributed by atoms with E-state index in [1.165, 1.54) is 0 Å². The number of cyclic esters (lactones) is 1. The van der Waals surface area contributed by atoms with Crippen LogP contribution in [0.4, 0.5) is 0 Å². The SMILES string of the molecule is C[C@H]1C(=O)O[C@H]1c1ccccc1. The second-order valence-corrected chi connectivity index (χ2v) is 3.06. The van der Waals surface area contributed by atoms with E-state index in [1.807, 2.05) is 37.3 Å². The van der Waals surface area contributed by atoms with Gasteiger partial charge in [-0.3, -0.25) is 4.79 Å².